The molecular formula is C29H37F2NO5. The molecule has 1 aliphatic rings. The summed E-state index contributed by atoms with van der Waals surface area (Å²) < 4.78 is 44.4. The average molecular weight is 518 g/mol. The molecule has 0 saturated carbocycles. The number of carbonyl (C=O) groups excluding carboxylic acids is 2. The number of benzene rings is 2. The van der Waals surface area contributed by atoms with Gasteiger partial charge in [0, 0.05) is 25.4 Å². The molecule has 1 N–H and O–H groups in total. The number of aryl methyl sites for hydroxylation is 1. The fourth-order valence-corrected chi connectivity index (χ4v) is 4.88. The molecule has 2 aromatic carbocycles. The summed E-state index contributed by atoms with van der Waals surface area (Å²) in [6, 6.07) is 10.9. The Morgan fingerprint density at radius 1 is 1.14 bits per heavy atom. The Hall–Kier alpha value is -3.00. The summed E-state index contributed by atoms with van der Waals surface area (Å²) in [5.74, 6) is -2.89. The third-order valence-corrected chi connectivity index (χ3v) is 6.48. The van der Waals surface area contributed by atoms with Gasteiger partial charge in [-0.25, -0.2) is 4.39 Å². The maximum atomic E-state index is 14.4. The van der Waals surface area contributed by atoms with Gasteiger partial charge < -0.3 is 19.5 Å². The van der Waals surface area contributed by atoms with Crippen molar-refractivity contribution in [3.8, 4) is 5.75 Å². The largest absolute Gasteiger partial charge is 0.486 e. The molecule has 0 unspecified atom stereocenters. The van der Waals surface area contributed by atoms with Crippen molar-refractivity contribution < 1.29 is 32.6 Å². The number of halogens is 2. The van der Waals surface area contributed by atoms with Crippen LogP contribution in [0.15, 0.2) is 36.4 Å². The standard InChI is InChI=1S/C29H37F2NO5/c1-5-35-27(34)11-10-20-14-25(30)28(31)26(15-20)36-18-24(37-19(2)33)17-32-29(3,4)16-21-12-22-8-6-7-9-23(22)13-21/h6-9,14-15,21,24,32H,5,10-13,16-18H2,1-4H3/t24-/m1/s1. The summed E-state index contributed by atoms with van der Waals surface area (Å²) in [6.45, 7) is 7.58. The van der Waals surface area contributed by atoms with Crippen molar-refractivity contribution in [3.63, 3.8) is 0 Å². The highest BCUT2D eigenvalue weighted by Crippen LogP contribution is 2.32. The minimum atomic E-state index is -1.13. The van der Waals surface area contributed by atoms with Gasteiger partial charge in [0.15, 0.2) is 11.6 Å². The summed E-state index contributed by atoms with van der Waals surface area (Å²) in [7, 11) is 0. The number of rotatable bonds is 13. The number of ether oxygens (including phenoxy) is 3. The first-order chi connectivity index (χ1) is 17.6. The summed E-state index contributed by atoms with van der Waals surface area (Å²) >= 11 is 0. The molecule has 2 aromatic rings. The van der Waals surface area contributed by atoms with Gasteiger partial charge in [-0.3, -0.25) is 9.59 Å². The number of hydrogen-bond acceptors (Lipinski definition) is 6. The van der Waals surface area contributed by atoms with Crippen molar-refractivity contribution in [2.24, 2.45) is 5.92 Å². The van der Waals surface area contributed by atoms with Crippen molar-refractivity contribution in [3.05, 3.63) is 64.7 Å². The van der Waals surface area contributed by atoms with Crippen LogP contribution in [0.1, 0.15) is 57.2 Å². The molecular weight excluding hydrogens is 480 g/mol. The Bertz CT molecular complexity index is 1060. The molecule has 37 heavy (non-hydrogen) atoms. The van der Waals surface area contributed by atoms with Gasteiger partial charge in [0.1, 0.15) is 12.7 Å². The Balaban J connectivity index is 1.57. The minimum Gasteiger partial charge on any atom is -0.486 e. The highest BCUT2D eigenvalue weighted by atomic mass is 19.2. The summed E-state index contributed by atoms with van der Waals surface area (Å²) in [4.78, 5) is 23.3. The number of carbonyl (C=O) groups is 2. The van der Waals surface area contributed by atoms with Gasteiger partial charge in [0.25, 0.3) is 0 Å². The first kappa shape index (κ1) is 28.6. The van der Waals surface area contributed by atoms with E-state index in [-0.39, 0.29) is 37.3 Å². The van der Waals surface area contributed by atoms with Gasteiger partial charge in [-0.05, 0) is 81.2 Å². The highest BCUT2D eigenvalue weighted by molar-refractivity contribution is 5.69. The van der Waals surface area contributed by atoms with Crippen molar-refractivity contribution in [1.82, 2.24) is 5.32 Å². The van der Waals surface area contributed by atoms with E-state index in [9.17, 15) is 18.4 Å². The molecule has 0 aliphatic heterocycles. The van der Waals surface area contributed by atoms with E-state index >= 15 is 0 Å². The maximum absolute atomic E-state index is 14.4. The second kappa shape index (κ2) is 13.0. The normalized spacial score (nSPS) is 14.2. The van der Waals surface area contributed by atoms with E-state index in [2.05, 4.69) is 43.4 Å². The van der Waals surface area contributed by atoms with E-state index in [1.165, 1.54) is 24.1 Å². The van der Waals surface area contributed by atoms with Crippen LogP contribution in [0.5, 0.6) is 5.75 Å². The number of fused-ring (bicyclic) bond motifs is 1. The van der Waals surface area contributed by atoms with Gasteiger partial charge in [-0.15, -0.1) is 0 Å². The van der Waals surface area contributed by atoms with Gasteiger partial charge >= 0.3 is 11.9 Å². The lowest BCUT2D eigenvalue weighted by Gasteiger charge is -2.31. The first-order valence-corrected chi connectivity index (χ1v) is 12.8. The zero-order chi connectivity index (χ0) is 27.0. The number of hydrogen-bond donors (Lipinski definition) is 1. The third-order valence-electron chi connectivity index (χ3n) is 6.48. The predicted octanol–water partition coefficient (Wildman–Crippen LogP) is 4.94. The molecule has 1 atom stereocenters. The van der Waals surface area contributed by atoms with E-state index in [4.69, 9.17) is 14.2 Å². The van der Waals surface area contributed by atoms with Gasteiger partial charge in [0.2, 0.25) is 5.82 Å². The molecule has 3 rings (SSSR count). The Kier molecular flexibility index (Phi) is 10.0. The smallest absolute Gasteiger partial charge is 0.306 e. The zero-order valence-corrected chi connectivity index (χ0v) is 22.1. The Morgan fingerprint density at radius 3 is 2.43 bits per heavy atom. The lowest BCUT2D eigenvalue weighted by atomic mass is 9.88. The molecule has 1 aliphatic carbocycles. The molecule has 0 spiro atoms. The lowest BCUT2D eigenvalue weighted by molar-refractivity contribution is -0.148. The van der Waals surface area contributed by atoms with Crippen LogP contribution in [0.2, 0.25) is 0 Å². The third kappa shape index (κ3) is 8.81. The molecule has 6 nitrogen and oxygen atoms in total. The lowest BCUT2D eigenvalue weighted by Crippen LogP contribution is -2.47. The zero-order valence-electron chi connectivity index (χ0n) is 22.1. The summed E-state index contributed by atoms with van der Waals surface area (Å²) in [6.07, 6.45) is 2.52. The Morgan fingerprint density at radius 2 is 1.81 bits per heavy atom. The van der Waals surface area contributed by atoms with E-state index in [0.29, 0.717) is 18.0 Å². The highest BCUT2D eigenvalue weighted by Gasteiger charge is 2.29. The number of nitrogens with one attached hydrogen (secondary N) is 1. The van der Waals surface area contributed by atoms with Crippen molar-refractivity contribution in [2.45, 2.75) is 71.4 Å². The van der Waals surface area contributed by atoms with E-state index in [0.717, 1.165) is 25.3 Å². The van der Waals surface area contributed by atoms with Crippen molar-refractivity contribution >= 4 is 11.9 Å². The van der Waals surface area contributed by atoms with E-state index in [1.807, 2.05) is 0 Å². The molecule has 0 radical (unpaired) electrons. The monoisotopic (exact) mass is 517 g/mol. The molecule has 202 valence electrons. The van der Waals surface area contributed by atoms with Crippen LogP contribution in [-0.2, 0) is 38.3 Å². The average Bonchev–Trinajstić information content (AvgIpc) is 3.23. The molecule has 0 bridgehead atoms. The van der Waals surface area contributed by atoms with Gasteiger partial charge in [0.05, 0.1) is 6.61 Å². The SMILES string of the molecule is CCOC(=O)CCc1cc(F)c(F)c(OC[C@@H](CNC(C)(C)CC2Cc3ccccc3C2)OC(C)=O)c1. The van der Waals surface area contributed by atoms with Crippen LogP contribution in [0, 0.1) is 17.6 Å². The van der Waals surface area contributed by atoms with Crippen molar-refractivity contribution in [1.29, 1.82) is 0 Å². The second-order valence-electron chi connectivity index (χ2n) is 10.2. The van der Waals surface area contributed by atoms with Crippen LogP contribution in [0.4, 0.5) is 8.78 Å². The summed E-state index contributed by atoms with van der Waals surface area (Å²) in [5.41, 5.74) is 2.96. The van der Waals surface area contributed by atoms with E-state index < -0.39 is 29.7 Å². The van der Waals surface area contributed by atoms with E-state index in [1.54, 1.807) is 6.92 Å². The quantitative estimate of drug-likeness (QED) is 0.379. The fourth-order valence-electron chi connectivity index (χ4n) is 4.88. The minimum absolute atomic E-state index is 0.0412. The van der Waals surface area contributed by atoms with Gasteiger partial charge in [-0.1, -0.05) is 24.3 Å². The van der Waals surface area contributed by atoms with Crippen LogP contribution in [0.3, 0.4) is 0 Å². The topological polar surface area (TPSA) is 73.9 Å². The second-order valence-corrected chi connectivity index (χ2v) is 10.2. The summed E-state index contributed by atoms with van der Waals surface area (Å²) in [5, 5.41) is 3.46. The number of esters is 2. The molecule has 0 aromatic heterocycles. The Labute approximate surface area is 217 Å². The van der Waals surface area contributed by atoms with Crippen LogP contribution >= 0.6 is 0 Å². The first-order valence-electron chi connectivity index (χ1n) is 12.8. The van der Waals surface area contributed by atoms with Gasteiger partial charge in [-0.2, -0.15) is 4.39 Å². The maximum Gasteiger partial charge on any atom is 0.306 e. The molecule has 0 fully saturated rings. The van der Waals surface area contributed by atoms with Crippen molar-refractivity contribution in [2.75, 3.05) is 19.8 Å². The van der Waals surface area contributed by atoms with Crippen LogP contribution in [0.25, 0.3) is 0 Å². The molecule has 8 heteroatoms. The molecule has 0 heterocycles. The predicted molar refractivity (Wildman–Crippen MR) is 136 cm³/mol. The molecule has 0 amide bonds. The van der Waals surface area contributed by atoms with Crippen LogP contribution < -0.4 is 10.1 Å². The fraction of sp³-hybridized carbons (Fsp3) is 0.517. The van der Waals surface area contributed by atoms with Crippen LogP contribution in [-0.4, -0.2) is 43.3 Å². The molecule has 0 saturated heterocycles.